The van der Waals surface area contributed by atoms with Crippen LogP contribution in [0.4, 0.5) is 4.79 Å². The number of amides is 3. The van der Waals surface area contributed by atoms with Crippen LogP contribution in [0.5, 0.6) is 0 Å². The van der Waals surface area contributed by atoms with Crippen LogP contribution in [0.25, 0.3) is 0 Å². The Morgan fingerprint density at radius 2 is 2.05 bits per heavy atom. The summed E-state index contributed by atoms with van der Waals surface area (Å²) in [4.78, 5) is 25.6. The maximum atomic E-state index is 12.1. The van der Waals surface area contributed by atoms with Gasteiger partial charge in [0, 0.05) is 37.8 Å². The lowest BCUT2D eigenvalue weighted by molar-refractivity contribution is 0.0938. The molecule has 4 N–H and O–H groups in total. The summed E-state index contributed by atoms with van der Waals surface area (Å²) in [6.07, 6.45) is 0.782. The molecule has 0 radical (unpaired) electrons. The Kier molecular flexibility index (Phi) is 5.16. The predicted octanol–water partition coefficient (Wildman–Crippen LogP) is 0.679. The summed E-state index contributed by atoms with van der Waals surface area (Å²) in [5.74, 6) is -0.110. The van der Waals surface area contributed by atoms with Gasteiger partial charge in [-0.25, -0.2) is 4.79 Å². The van der Waals surface area contributed by atoms with E-state index in [1.54, 1.807) is 17.0 Å². The average Bonchev–Trinajstić information content (AvgIpc) is 2.96. The van der Waals surface area contributed by atoms with E-state index >= 15 is 0 Å². The number of hydrogen-bond acceptors (Lipinski definition) is 3. The zero-order valence-corrected chi connectivity index (χ0v) is 12.3. The van der Waals surface area contributed by atoms with Crippen LogP contribution in [0.3, 0.4) is 0 Å². The van der Waals surface area contributed by atoms with Gasteiger partial charge in [-0.1, -0.05) is 12.1 Å². The first-order valence-corrected chi connectivity index (χ1v) is 7.26. The first-order chi connectivity index (χ1) is 10.1. The number of nitrogens with zero attached hydrogens (tertiary/aromatic N) is 1. The first-order valence-electron chi connectivity index (χ1n) is 7.26. The van der Waals surface area contributed by atoms with E-state index in [1.807, 2.05) is 19.1 Å². The van der Waals surface area contributed by atoms with Crippen LogP contribution in [-0.2, 0) is 6.54 Å². The van der Waals surface area contributed by atoms with Gasteiger partial charge in [-0.15, -0.1) is 0 Å². The second kappa shape index (κ2) is 7.08. The number of hydrogen-bond donors (Lipinski definition) is 3. The van der Waals surface area contributed by atoms with E-state index in [9.17, 15) is 9.59 Å². The van der Waals surface area contributed by atoms with Gasteiger partial charge in [0.1, 0.15) is 0 Å². The summed E-state index contributed by atoms with van der Waals surface area (Å²) in [5, 5.41) is 5.74. The minimum atomic E-state index is -0.110. The van der Waals surface area contributed by atoms with E-state index in [1.165, 1.54) is 0 Å². The summed E-state index contributed by atoms with van der Waals surface area (Å²) in [6.45, 7) is 4.19. The van der Waals surface area contributed by atoms with Crippen LogP contribution in [0.1, 0.15) is 29.3 Å². The number of benzene rings is 1. The van der Waals surface area contributed by atoms with Crippen LogP contribution in [0.2, 0.25) is 0 Å². The fourth-order valence-electron chi connectivity index (χ4n) is 2.39. The predicted molar refractivity (Wildman–Crippen MR) is 80.9 cm³/mol. The van der Waals surface area contributed by atoms with Crippen molar-refractivity contribution in [3.63, 3.8) is 0 Å². The maximum absolute atomic E-state index is 12.1. The fourth-order valence-corrected chi connectivity index (χ4v) is 2.39. The molecule has 0 aromatic heterocycles. The molecular formula is C15H22N4O2. The van der Waals surface area contributed by atoms with Crippen molar-refractivity contribution in [3.8, 4) is 0 Å². The fraction of sp³-hybridized carbons (Fsp3) is 0.467. The molecule has 1 heterocycles. The third-order valence-electron chi connectivity index (χ3n) is 3.59. The molecule has 1 fully saturated rings. The highest BCUT2D eigenvalue weighted by atomic mass is 16.2. The first kappa shape index (κ1) is 15.3. The maximum Gasteiger partial charge on any atom is 0.317 e. The summed E-state index contributed by atoms with van der Waals surface area (Å²) in [7, 11) is 0. The summed E-state index contributed by atoms with van der Waals surface area (Å²) < 4.78 is 0. The van der Waals surface area contributed by atoms with Crippen LogP contribution < -0.4 is 16.4 Å². The van der Waals surface area contributed by atoms with E-state index in [-0.39, 0.29) is 18.0 Å². The molecule has 6 heteroatoms. The Balaban J connectivity index is 1.87. The Bertz CT molecular complexity index is 501. The van der Waals surface area contributed by atoms with E-state index in [4.69, 9.17) is 5.73 Å². The SMILES string of the molecule is CCNC(=O)N1CCC(NC(=O)c2ccc(CN)cc2)C1. The molecule has 1 aliphatic rings. The Hall–Kier alpha value is -2.08. The normalized spacial score (nSPS) is 17.6. The van der Waals surface area contributed by atoms with Gasteiger partial charge in [-0.2, -0.15) is 0 Å². The van der Waals surface area contributed by atoms with Crippen LogP contribution >= 0.6 is 0 Å². The molecule has 0 saturated carbocycles. The van der Waals surface area contributed by atoms with Crippen molar-refractivity contribution in [3.05, 3.63) is 35.4 Å². The van der Waals surface area contributed by atoms with E-state index < -0.39 is 0 Å². The van der Waals surface area contributed by atoms with Crippen molar-refractivity contribution in [2.24, 2.45) is 5.73 Å². The molecule has 1 saturated heterocycles. The molecule has 1 aromatic carbocycles. The highest BCUT2D eigenvalue weighted by molar-refractivity contribution is 5.94. The van der Waals surface area contributed by atoms with Gasteiger partial charge in [0.25, 0.3) is 5.91 Å². The third kappa shape index (κ3) is 3.95. The molecule has 1 atom stereocenters. The van der Waals surface area contributed by atoms with E-state index in [0.29, 0.717) is 31.7 Å². The van der Waals surface area contributed by atoms with Gasteiger partial charge in [-0.05, 0) is 31.0 Å². The molecule has 114 valence electrons. The smallest absolute Gasteiger partial charge is 0.317 e. The number of nitrogens with two attached hydrogens (primary N) is 1. The molecule has 3 amide bonds. The topological polar surface area (TPSA) is 87.5 Å². The van der Waals surface area contributed by atoms with Gasteiger partial charge in [0.05, 0.1) is 0 Å². The molecule has 0 aliphatic carbocycles. The number of urea groups is 1. The van der Waals surface area contributed by atoms with Gasteiger partial charge in [0.2, 0.25) is 0 Å². The molecule has 2 rings (SSSR count). The van der Waals surface area contributed by atoms with Gasteiger partial charge in [0.15, 0.2) is 0 Å². The Labute approximate surface area is 124 Å². The van der Waals surface area contributed by atoms with E-state index in [2.05, 4.69) is 10.6 Å². The number of carbonyl (C=O) groups excluding carboxylic acids is 2. The highest BCUT2D eigenvalue weighted by Crippen LogP contribution is 2.11. The zero-order valence-electron chi connectivity index (χ0n) is 12.3. The molecule has 1 unspecified atom stereocenters. The molecule has 1 aromatic rings. The molecule has 21 heavy (non-hydrogen) atoms. The van der Waals surface area contributed by atoms with Crippen molar-refractivity contribution in [2.75, 3.05) is 19.6 Å². The largest absolute Gasteiger partial charge is 0.347 e. The number of rotatable bonds is 4. The minimum Gasteiger partial charge on any atom is -0.347 e. The molecule has 0 spiro atoms. The number of nitrogens with one attached hydrogen (secondary N) is 2. The minimum absolute atomic E-state index is 0.00860. The molecule has 6 nitrogen and oxygen atoms in total. The van der Waals surface area contributed by atoms with Gasteiger partial charge in [-0.3, -0.25) is 4.79 Å². The third-order valence-corrected chi connectivity index (χ3v) is 3.59. The van der Waals surface area contributed by atoms with Gasteiger partial charge < -0.3 is 21.3 Å². The quantitative estimate of drug-likeness (QED) is 0.762. The molecular weight excluding hydrogens is 268 g/mol. The van der Waals surface area contributed by atoms with Crippen molar-refractivity contribution >= 4 is 11.9 Å². The van der Waals surface area contributed by atoms with Crippen LogP contribution in [0, 0.1) is 0 Å². The molecule has 0 bridgehead atoms. The monoisotopic (exact) mass is 290 g/mol. The highest BCUT2D eigenvalue weighted by Gasteiger charge is 2.27. The second-order valence-corrected chi connectivity index (χ2v) is 5.14. The lowest BCUT2D eigenvalue weighted by Gasteiger charge is -2.17. The van der Waals surface area contributed by atoms with Crippen molar-refractivity contribution in [1.29, 1.82) is 0 Å². The lowest BCUT2D eigenvalue weighted by Crippen LogP contribution is -2.42. The van der Waals surface area contributed by atoms with E-state index in [0.717, 1.165) is 12.0 Å². The molecule has 1 aliphatic heterocycles. The second-order valence-electron chi connectivity index (χ2n) is 5.14. The van der Waals surface area contributed by atoms with Crippen molar-refractivity contribution < 1.29 is 9.59 Å². The zero-order chi connectivity index (χ0) is 15.2. The van der Waals surface area contributed by atoms with Crippen molar-refractivity contribution in [1.82, 2.24) is 15.5 Å². The summed E-state index contributed by atoms with van der Waals surface area (Å²) >= 11 is 0. The standard InChI is InChI=1S/C15H22N4O2/c1-2-17-15(21)19-8-7-13(10-19)18-14(20)12-5-3-11(9-16)4-6-12/h3-6,13H,2,7-10,16H2,1H3,(H,17,21)(H,18,20). The van der Waals surface area contributed by atoms with Crippen LogP contribution in [-0.4, -0.2) is 42.5 Å². The number of carbonyl (C=O) groups is 2. The average molecular weight is 290 g/mol. The van der Waals surface area contributed by atoms with Crippen LogP contribution in [0.15, 0.2) is 24.3 Å². The number of likely N-dealkylation sites (tertiary alicyclic amines) is 1. The lowest BCUT2D eigenvalue weighted by atomic mass is 10.1. The summed E-state index contributed by atoms with van der Waals surface area (Å²) in [6, 6.07) is 7.19. The Morgan fingerprint density at radius 3 is 2.67 bits per heavy atom. The van der Waals surface area contributed by atoms with Crippen molar-refractivity contribution in [2.45, 2.75) is 25.9 Å². The van der Waals surface area contributed by atoms with Gasteiger partial charge >= 0.3 is 6.03 Å². The summed E-state index contributed by atoms with van der Waals surface area (Å²) in [5.41, 5.74) is 7.14. The Morgan fingerprint density at radius 1 is 1.33 bits per heavy atom.